The molecule has 5 aromatic rings. The monoisotopic (exact) mass is 1590 g/mol. The number of hydrogen-bond acceptors (Lipinski definition) is 29. The standard InChI is InChI=1S/C22H18N2O11S2.C20H16N4O7.C13H13N3O3.C11H8N2O6S.K.Na/c25-15-8-17(27)23-21(29)19(15)13-7-14(20-16(26)9-18(28)24-22(20)30)12-6-10(2-3-11(12)13)36(31,32)4-1-5-37(33,34)35;1-10(26)18(19(28)21-13-3-2-11-6-17(27)22-16(11)8-13)24-23-14-4-12(20(29)30)5-15(7-14)31-9-25;1-16(2)9-5-3-8(4-6-9)7-10-11(17)14-13(19)15-12(10)18;14-9-7(10(15)13-11(16)12-9)5-6-3-1-2-4-8(6)20(17,18)19;;/h2-3,6H,1,4-5,7-9H2,(H,23,27,29)(H,24,28,30)(H,33,34,35);2-5,7-9,18H,6H2,1H3,(H,21,28)(H,22,27)(H,29,30);3-7H,1-2H3,(H2,14,15,17,18,19);1-5H,(H,17,18,19)(H2,12,13,14,15,16);;/q;;;;2*+1/p-2/b19-13-,20-14-;;;;;. The molecule has 38 nitrogen and oxygen atoms in total. The van der Waals surface area contributed by atoms with Crippen molar-refractivity contribution in [3.8, 4) is 5.75 Å². The Labute approximate surface area is 679 Å². The first kappa shape index (κ1) is 87.2. The SMILES string of the molecule is CC(=O)C(N=Nc1cc(OC=O)cc(C(=O)O)c1)C(=O)Nc1ccc2c(c1)NC(=O)C2.CN(C)c1ccc(C=C2C(=O)NC(=O)NC2=O)cc1.O=C1CC(=O)/C(=C2\C/C(=C3\C(=O)CC(=O)NC3=O)c3cc(S(=O)(=O)CCCS(=O)(=O)[O-])ccc32)C(=O)N1.O=C1NC(=O)C(=Cc2ccccc2S(=O)(=O)[O-])C(=O)N1.[K+].[Na+]. The molecular weight excluding hydrogens is 1540 g/mol. The Kier molecular flexibility index (Phi) is 29.5. The van der Waals surface area contributed by atoms with Crippen LogP contribution in [0.4, 0.5) is 32.3 Å². The van der Waals surface area contributed by atoms with Gasteiger partial charge in [-0.2, -0.15) is 10.2 Å². The number of urea groups is 2. The number of imide groups is 6. The summed E-state index contributed by atoms with van der Waals surface area (Å²) in [5.41, 5.74) is 1.90. The van der Waals surface area contributed by atoms with E-state index in [2.05, 4.69) is 25.6 Å². The van der Waals surface area contributed by atoms with Gasteiger partial charge in [0.15, 0.2) is 27.2 Å². The Balaban J connectivity index is 0.000000234. The summed E-state index contributed by atoms with van der Waals surface area (Å²) in [5.74, 6) is -13.1. The average molecular weight is 1590 g/mol. The number of piperidine rings is 2. The molecule has 5 heterocycles. The first-order chi connectivity index (χ1) is 50.2. The Morgan fingerprint density at radius 1 is 0.615 bits per heavy atom. The number of carboxylic acids is 1. The number of barbiturate groups is 2. The number of sulfone groups is 1. The predicted molar refractivity (Wildman–Crippen MR) is 363 cm³/mol. The third-order valence-electron chi connectivity index (χ3n) is 15.3. The van der Waals surface area contributed by atoms with Crippen LogP contribution in [0.5, 0.6) is 5.75 Å². The van der Waals surface area contributed by atoms with Gasteiger partial charge in [-0.15, -0.1) is 0 Å². The van der Waals surface area contributed by atoms with Gasteiger partial charge in [-0.25, -0.2) is 39.6 Å². The summed E-state index contributed by atoms with van der Waals surface area (Å²) >= 11 is 0. The molecule has 1 atom stereocenters. The molecular formula is C66H53KN11NaO27S3. The van der Waals surface area contributed by atoms with Gasteiger partial charge in [0, 0.05) is 49.4 Å². The van der Waals surface area contributed by atoms with Crippen LogP contribution in [0.25, 0.3) is 23.3 Å². The van der Waals surface area contributed by atoms with E-state index in [0.717, 1.165) is 54.6 Å². The zero-order valence-electron chi connectivity index (χ0n) is 57.2. The van der Waals surface area contributed by atoms with Crippen LogP contribution in [-0.2, 0) is 104 Å². The molecule has 0 aromatic heterocycles. The molecule has 0 spiro atoms. The summed E-state index contributed by atoms with van der Waals surface area (Å²) < 4.78 is 96.0. The molecule has 1 aliphatic carbocycles. The fraction of sp³-hybridized carbons (Fsp3) is 0.167. The van der Waals surface area contributed by atoms with Crippen molar-refractivity contribution in [1.29, 1.82) is 0 Å². The van der Waals surface area contributed by atoms with Crippen molar-refractivity contribution in [2.24, 2.45) is 10.2 Å². The first-order valence-corrected chi connectivity index (χ1v) is 35.1. The quantitative estimate of drug-likeness (QED) is 0.00613. The van der Waals surface area contributed by atoms with Gasteiger partial charge in [0.25, 0.3) is 47.8 Å². The van der Waals surface area contributed by atoms with Crippen molar-refractivity contribution in [2.75, 3.05) is 41.1 Å². The number of nitrogens with one attached hydrogen (secondary N) is 8. The maximum absolute atomic E-state index is 12.8. The molecule has 5 aliphatic heterocycles. The zero-order chi connectivity index (χ0) is 78.7. The molecule has 554 valence electrons. The van der Waals surface area contributed by atoms with Gasteiger partial charge in [0.1, 0.15) is 27.0 Å². The summed E-state index contributed by atoms with van der Waals surface area (Å²) in [7, 11) is -9.70. The molecule has 109 heavy (non-hydrogen) atoms. The second-order valence-corrected chi connectivity index (χ2v) is 28.1. The number of ether oxygens (including phenoxy) is 1. The molecule has 6 aliphatic rings. The molecule has 9 N–H and O–H groups in total. The van der Waals surface area contributed by atoms with Gasteiger partial charge in [0.05, 0.1) is 67.3 Å². The second-order valence-electron chi connectivity index (χ2n) is 23.1. The summed E-state index contributed by atoms with van der Waals surface area (Å²) in [6.07, 6.45) is 0.562. The van der Waals surface area contributed by atoms with E-state index in [0.29, 0.717) is 16.9 Å². The molecule has 14 amide bonds. The second kappa shape index (κ2) is 36.9. The van der Waals surface area contributed by atoms with E-state index >= 15 is 0 Å². The Morgan fingerprint density at radius 2 is 1.16 bits per heavy atom. The summed E-state index contributed by atoms with van der Waals surface area (Å²) in [6.45, 7) is 1.27. The Morgan fingerprint density at radius 3 is 1.67 bits per heavy atom. The van der Waals surface area contributed by atoms with Crippen LogP contribution < -0.4 is 133 Å². The molecule has 11 rings (SSSR count). The number of carbonyl (C=O) groups excluding carboxylic acids is 16. The van der Waals surface area contributed by atoms with Crippen LogP contribution >= 0.6 is 0 Å². The molecule has 0 saturated carbocycles. The smallest absolute Gasteiger partial charge is 0.748 e. The van der Waals surface area contributed by atoms with Gasteiger partial charge >= 0.3 is 99.0 Å². The van der Waals surface area contributed by atoms with Gasteiger partial charge in [-0.1, -0.05) is 42.5 Å². The van der Waals surface area contributed by atoms with Crippen LogP contribution in [0.2, 0.25) is 0 Å². The number of nitrogens with zero attached hydrogens (tertiary/aromatic N) is 3. The number of carboxylic acid groups (broad SMARTS) is 1. The summed E-state index contributed by atoms with van der Waals surface area (Å²) in [6, 6.07) is 20.9. The molecule has 4 saturated heterocycles. The number of allylic oxidation sites excluding steroid dienone is 2. The van der Waals surface area contributed by atoms with Crippen LogP contribution in [0.1, 0.15) is 70.8 Å². The van der Waals surface area contributed by atoms with Crippen molar-refractivity contribution < 1.29 is 207 Å². The maximum Gasteiger partial charge on any atom is 1.00 e. The number of hydrogen-bond donors (Lipinski definition) is 9. The van der Waals surface area contributed by atoms with Gasteiger partial charge in [-0.3, -0.25) is 99.0 Å². The number of rotatable bonds is 17. The van der Waals surface area contributed by atoms with Gasteiger partial charge in [-0.05, 0) is 119 Å². The van der Waals surface area contributed by atoms with E-state index in [9.17, 15) is 116 Å². The topological polar surface area (TPSA) is 592 Å². The third kappa shape index (κ3) is 22.9. The third-order valence-corrected chi connectivity index (χ3v) is 18.8. The van der Waals surface area contributed by atoms with E-state index in [1.807, 2.05) is 63.0 Å². The minimum atomic E-state index is -4.75. The fourth-order valence-electron chi connectivity index (χ4n) is 10.5. The normalized spacial score (nSPS) is 16.9. The minimum absolute atomic E-state index is 0. The fourth-order valence-corrected chi connectivity index (χ4v) is 13.1. The number of amides is 14. The Hall–Kier alpha value is -10.7. The van der Waals surface area contributed by atoms with E-state index < -0.39 is 171 Å². The number of benzene rings is 5. The maximum atomic E-state index is 12.8. The van der Waals surface area contributed by atoms with Gasteiger partial charge in [0.2, 0.25) is 23.8 Å². The molecule has 1 unspecified atom stereocenters. The number of carbonyl (C=O) groups is 17. The van der Waals surface area contributed by atoms with Crippen LogP contribution in [0, 0.1) is 0 Å². The summed E-state index contributed by atoms with van der Waals surface area (Å²) in [5, 5.41) is 33.6. The van der Waals surface area contributed by atoms with Crippen molar-refractivity contribution >= 4 is 177 Å². The van der Waals surface area contributed by atoms with Crippen molar-refractivity contribution in [3.05, 3.63) is 159 Å². The molecule has 0 radical (unpaired) electrons. The van der Waals surface area contributed by atoms with Crippen molar-refractivity contribution in [1.82, 2.24) is 31.9 Å². The predicted octanol–water partition coefficient (Wildman–Crippen LogP) is -5.52. The molecule has 5 aromatic carbocycles. The molecule has 43 heteroatoms. The molecule has 4 fully saturated rings. The number of azo groups is 1. The zero-order valence-corrected chi connectivity index (χ0v) is 64.8. The Bertz CT molecular complexity index is 5260. The van der Waals surface area contributed by atoms with Crippen LogP contribution in [0.3, 0.4) is 0 Å². The first-order valence-electron chi connectivity index (χ1n) is 30.5. The van der Waals surface area contributed by atoms with Crippen molar-refractivity contribution in [3.63, 3.8) is 0 Å². The van der Waals surface area contributed by atoms with Gasteiger partial charge < -0.3 is 34.5 Å². The van der Waals surface area contributed by atoms with Crippen molar-refractivity contribution in [2.45, 2.75) is 54.9 Å². The number of anilines is 3. The number of aromatic carboxylic acids is 1. The minimum Gasteiger partial charge on any atom is -0.748 e. The van der Waals surface area contributed by atoms with E-state index in [4.69, 9.17) is 5.11 Å². The van der Waals surface area contributed by atoms with E-state index in [-0.39, 0.29) is 167 Å². The van der Waals surface area contributed by atoms with E-state index in [1.165, 1.54) is 36.4 Å². The average Bonchev–Trinajstić information content (AvgIpc) is 1.59. The van der Waals surface area contributed by atoms with Crippen LogP contribution in [0.15, 0.2) is 145 Å². The number of Topliss-reactive ketones (excluding diaryl/α,β-unsaturated/α-hetero) is 3. The molecule has 0 bridgehead atoms. The van der Waals surface area contributed by atoms with E-state index in [1.54, 1.807) is 30.3 Å². The number of fused-ring (bicyclic) bond motifs is 2. The summed E-state index contributed by atoms with van der Waals surface area (Å²) in [4.78, 5) is 200. The number of ketones is 3. The largest absolute Gasteiger partial charge is 1.00 e. The van der Waals surface area contributed by atoms with Crippen LogP contribution in [-0.4, -0.2) is 172 Å².